The molecular weight excluding hydrogens is 446 g/mol. The van der Waals surface area contributed by atoms with Crippen LogP contribution in [0.25, 0.3) is 11.0 Å². The van der Waals surface area contributed by atoms with E-state index in [9.17, 15) is 14.7 Å². The minimum absolute atomic E-state index is 0.0347. The van der Waals surface area contributed by atoms with Crippen LogP contribution < -0.4 is 9.64 Å². The van der Waals surface area contributed by atoms with E-state index in [1.807, 2.05) is 59.2 Å². The van der Waals surface area contributed by atoms with Gasteiger partial charge in [0.25, 0.3) is 0 Å². The summed E-state index contributed by atoms with van der Waals surface area (Å²) >= 11 is 0. The molecule has 2 atom stereocenters. The van der Waals surface area contributed by atoms with E-state index in [0.717, 1.165) is 11.1 Å². The lowest BCUT2D eigenvalue weighted by molar-refractivity contribution is -0.153. The van der Waals surface area contributed by atoms with E-state index < -0.39 is 23.8 Å². The Labute approximate surface area is 202 Å². The Balaban J connectivity index is 1.76. The molecule has 1 amide bonds. The average molecular weight is 472 g/mol. The smallest absolute Gasteiger partial charge is 0.321 e. The van der Waals surface area contributed by atoms with Crippen molar-refractivity contribution < 1.29 is 24.2 Å². The highest BCUT2D eigenvalue weighted by molar-refractivity contribution is 6.08. The van der Waals surface area contributed by atoms with E-state index in [0.29, 0.717) is 17.0 Å². The van der Waals surface area contributed by atoms with Crippen molar-refractivity contribution in [2.24, 2.45) is 5.92 Å². The monoisotopic (exact) mass is 471 g/mol. The van der Waals surface area contributed by atoms with Gasteiger partial charge in [-0.1, -0.05) is 48.5 Å². The number of methoxy groups -OCH3 is 1. The predicted molar refractivity (Wildman–Crippen MR) is 130 cm³/mol. The molecule has 0 bridgehead atoms. The number of para-hydroxylation sites is 2. The second-order valence-corrected chi connectivity index (χ2v) is 8.29. The Hall–Kier alpha value is -4.33. The number of aromatic nitrogens is 2. The fourth-order valence-electron chi connectivity index (χ4n) is 4.64. The molecule has 35 heavy (non-hydrogen) atoms. The van der Waals surface area contributed by atoms with Crippen molar-refractivity contribution in [1.29, 1.82) is 0 Å². The fourth-order valence-corrected chi connectivity index (χ4v) is 4.64. The number of benzene rings is 3. The summed E-state index contributed by atoms with van der Waals surface area (Å²) in [6.45, 7) is 2.11. The van der Waals surface area contributed by atoms with Crippen molar-refractivity contribution in [2.45, 2.75) is 19.5 Å². The molecule has 0 aliphatic carbocycles. The average Bonchev–Trinajstić information content (AvgIpc) is 3.26. The van der Waals surface area contributed by atoms with Gasteiger partial charge in [-0.2, -0.15) is 0 Å². The zero-order chi connectivity index (χ0) is 24.5. The standard InChI is InChI=1S/C27H25N3O5/c1-3-35-26(33)23-24(18-13-14-21(31)22(15-18)34-2)30-20-12-8-7-11-19(20)28-27(30)29(25(23)32)16-17-9-5-4-6-10-17/h4-15,23-24,31H,3,16H2,1-2H3/t23-,24+/m0/s1. The van der Waals surface area contributed by atoms with Crippen molar-refractivity contribution in [2.75, 3.05) is 18.6 Å². The molecule has 1 aliphatic rings. The Bertz CT molecular complexity index is 1400. The Morgan fingerprint density at radius 2 is 1.80 bits per heavy atom. The van der Waals surface area contributed by atoms with Crippen LogP contribution in [0, 0.1) is 5.92 Å². The van der Waals surface area contributed by atoms with Crippen LogP contribution in [0.2, 0.25) is 0 Å². The first-order chi connectivity index (χ1) is 17.0. The molecule has 0 saturated carbocycles. The minimum atomic E-state index is -1.15. The number of carbonyl (C=O) groups excluding carboxylic acids is 2. The quantitative estimate of drug-likeness (QED) is 0.337. The lowest BCUT2D eigenvalue weighted by Crippen LogP contribution is -2.49. The maximum atomic E-state index is 14.0. The first kappa shape index (κ1) is 22.5. The van der Waals surface area contributed by atoms with Gasteiger partial charge in [-0.15, -0.1) is 0 Å². The van der Waals surface area contributed by atoms with E-state index in [-0.39, 0.29) is 24.7 Å². The number of phenolic OH excluding ortho intramolecular Hbond substituents is 1. The number of anilines is 1. The van der Waals surface area contributed by atoms with Gasteiger partial charge in [0.2, 0.25) is 11.9 Å². The summed E-state index contributed by atoms with van der Waals surface area (Å²) in [6.07, 6.45) is 0. The number of amides is 1. The number of hydrogen-bond donors (Lipinski definition) is 1. The summed E-state index contributed by atoms with van der Waals surface area (Å²) in [6, 6.07) is 21.2. The Morgan fingerprint density at radius 1 is 1.06 bits per heavy atom. The minimum Gasteiger partial charge on any atom is -0.504 e. The molecule has 5 rings (SSSR count). The predicted octanol–water partition coefficient (Wildman–Crippen LogP) is 4.07. The van der Waals surface area contributed by atoms with Crippen LogP contribution in [0.4, 0.5) is 5.95 Å². The highest BCUT2D eigenvalue weighted by Gasteiger charge is 2.48. The molecular formula is C27H25N3O5. The molecule has 2 heterocycles. The van der Waals surface area contributed by atoms with Crippen LogP contribution in [-0.2, 0) is 20.9 Å². The molecule has 0 unspecified atom stereocenters. The molecule has 1 aromatic heterocycles. The van der Waals surface area contributed by atoms with Gasteiger partial charge in [-0.3, -0.25) is 14.5 Å². The van der Waals surface area contributed by atoms with E-state index in [1.165, 1.54) is 13.2 Å². The zero-order valence-corrected chi connectivity index (χ0v) is 19.4. The van der Waals surface area contributed by atoms with Gasteiger partial charge in [0.15, 0.2) is 17.4 Å². The summed E-state index contributed by atoms with van der Waals surface area (Å²) in [7, 11) is 1.45. The topological polar surface area (TPSA) is 93.9 Å². The maximum absolute atomic E-state index is 14.0. The Kier molecular flexibility index (Phi) is 5.86. The zero-order valence-electron chi connectivity index (χ0n) is 19.4. The number of imidazole rings is 1. The summed E-state index contributed by atoms with van der Waals surface area (Å²) < 4.78 is 12.6. The summed E-state index contributed by atoms with van der Waals surface area (Å²) in [5.41, 5.74) is 3.01. The number of aromatic hydroxyl groups is 1. The van der Waals surface area contributed by atoms with Crippen LogP contribution in [0.3, 0.4) is 0 Å². The van der Waals surface area contributed by atoms with E-state index in [4.69, 9.17) is 14.5 Å². The van der Waals surface area contributed by atoms with Gasteiger partial charge in [0, 0.05) is 0 Å². The van der Waals surface area contributed by atoms with Crippen LogP contribution in [0.15, 0.2) is 72.8 Å². The van der Waals surface area contributed by atoms with Crippen LogP contribution in [-0.4, -0.2) is 40.3 Å². The van der Waals surface area contributed by atoms with E-state index in [1.54, 1.807) is 24.0 Å². The van der Waals surface area contributed by atoms with E-state index >= 15 is 0 Å². The molecule has 0 fully saturated rings. The SMILES string of the molecule is CCOC(=O)[C@@H]1C(=O)N(Cc2ccccc2)c2nc3ccccc3n2[C@@H]1c1ccc(O)c(OC)c1. The highest BCUT2D eigenvalue weighted by atomic mass is 16.5. The number of nitrogens with zero attached hydrogens (tertiary/aromatic N) is 3. The van der Waals surface area contributed by atoms with Crippen molar-refractivity contribution in [3.8, 4) is 11.5 Å². The third-order valence-electron chi connectivity index (χ3n) is 6.21. The van der Waals surface area contributed by atoms with Gasteiger partial charge in [0.05, 0.1) is 37.3 Å². The van der Waals surface area contributed by atoms with Gasteiger partial charge in [0.1, 0.15) is 0 Å². The summed E-state index contributed by atoms with van der Waals surface area (Å²) in [5.74, 6) is -1.51. The summed E-state index contributed by atoms with van der Waals surface area (Å²) in [4.78, 5) is 33.6. The number of rotatable bonds is 6. The second kappa shape index (κ2) is 9.13. The molecule has 4 aromatic rings. The van der Waals surface area contributed by atoms with E-state index in [2.05, 4.69) is 0 Å². The third kappa shape index (κ3) is 3.86. The number of esters is 1. The molecule has 1 N–H and O–H groups in total. The molecule has 0 saturated heterocycles. The maximum Gasteiger partial charge on any atom is 0.321 e. The number of phenols is 1. The van der Waals surface area contributed by atoms with Gasteiger partial charge >= 0.3 is 5.97 Å². The molecule has 3 aromatic carbocycles. The molecule has 0 radical (unpaired) electrons. The largest absolute Gasteiger partial charge is 0.504 e. The molecule has 0 spiro atoms. The third-order valence-corrected chi connectivity index (χ3v) is 6.21. The van der Waals surface area contributed by atoms with Crippen LogP contribution >= 0.6 is 0 Å². The first-order valence-corrected chi connectivity index (χ1v) is 11.4. The number of fused-ring (bicyclic) bond motifs is 3. The van der Waals surface area contributed by atoms with Crippen molar-refractivity contribution in [1.82, 2.24) is 9.55 Å². The number of hydrogen-bond acceptors (Lipinski definition) is 6. The lowest BCUT2D eigenvalue weighted by atomic mass is 9.89. The first-order valence-electron chi connectivity index (χ1n) is 11.4. The molecule has 1 aliphatic heterocycles. The lowest BCUT2D eigenvalue weighted by Gasteiger charge is -2.38. The van der Waals surface area contributed by atoms with Crippen LogP contribution in [0.5, 0.6) is 11.5 Å². The van der Waals surface area contributed by atoms with Crippen molar-refractivity contribution in [3.05, 3.63) is 83.9 Å². The molecule has 8 heteroatoms. The summed E-state index contributed by atoms with van der Waals surface area (Å²) in [5, 5.41) is 10.2. The molecule has 178 valence electrons. The number of ether oxygens (including phenoxy) is 2. The second-order valence-electron chi connectivity index (χ2n) is 8.29. The normalized spacial score (nSPS) is 17.3. The molecule has 8 nitrogen and oxygen atoms in total. The van der Waals surface area contributed by atoms with Crippen LogP contribution in [0.1, 0.15) is 24.1 Å². The highest BCUT2D eigenvalue weighted by Crippen LogP contribution is 2.43. The van der Waals surface area contributed by atoms with Gasteiger partial charge in [-0.05, 0) is 42.3 Å². The Morgan fingerprint density at radius 3 is 2.54 bits per heavy atom. The van der Waals surface area contributed by atoms with Crippen molar-refractivity contribution in [3.63, 3.8) is 0 Å². The van der Waals surface area contributed by atoms with Gasteiger partial charge < -0.3 is 19.1 Å². The number of carbonyl (C=O) groups is 2. The van der Waals surface area contributed by atoms with Gasteiger partial charge in [-0.25, -0.2) is 4.98 Å². The fraction of sp³-hybridized carbons (Fsp3) is 0.222. The van der Waals surface area contributed by atoms with Crippen molar-refractivity contribution >= 4 is 28.9 Å².